The summed E-state index contributed by atoms with van der Waals surface area (Å²) in [4.78, 5) is 8.07. The third-order valence-electron chi connectivity index (χ3n) is 3.93. The molecule has 0 spiro atoms. The Morgan fingerprint density at radius 2 is 1.88 bits per heavy atom. The van der Waals surface area contributed by atoms with Gasteiger partial charge in [0.05, 0.1) is 13.2 Å². The fourth-order valence-electron chi connectivity index (χ4n) is 2.57. The molecule has 1 fully saturated rings. The van der Waals surface area contributed by atoms with Crippen LogP contribution in [0.4, 0.5) is 0 Å². The number of nitrogens with one attached hydrogen (secondary N) is 2. The van der Waals surface area contributed by atoms with Crippen LogP contribution in [-0.2, 0) is 4.74 Å². The molecule has 1 saturated heterocycles. The summed E-state index contributed by atoms with van der Waals surface area (Å²) in [7, 11) is 1.83. The van der Waals surface area contributed by atoms with Crippen molar-refractivity contribution in [2.75, 3.05) is 58.7 Å². The molecule has 0 aromatic heterocycles. The number of ether oxygens (including phenoxy) is 1. The number of guanidine groups is 1. The van der Waals surface area contributed by atoms with Crippen LogP contribution in [0.25, 0.3) is 0 Å². The quantitative estimate of drug-likeness (QED) is 0.309. The van der Waals surface area contributed by atoms with Gasteiger partial charge in [-0.05, 0) is 31.5 Å². The van der Waals surface area contributed by atoms with Crippen molar-refractivity contribution in [3.63, 3.8) is 0 Å². The van der Waals surface area contributed by atoms with Crippen LogP contribution in [0.3, 0.4) is 0 Å². The molecular formula is C18H30N4OS. The first-order valence-electron chi connectivity index (χ1n) is 8.81. The molecule has 1 heterocycles. The zero-order valence-electron chi connectivity index (χ0n) is 14.7. The fraction of sp³-hybridized carbons (Fsp3) is 0.611. The molecule has 0 aliphatic carbocycles. The molecule has 6 heteroatoms. The molecule has 1 aliphatic heterocycles. The maximum atomic E-state index is 5.37. The van der Waals surface area contributed by atoms with E-state index < -0.39 is 0 Å². The zero-order chi connectivity index (χ0) is 16.9. The number of nitrogens with zero attached hydrogens (tertiary/aromatic N) is 2. The average molecular weight is 351 g/mol. The van der Waals surface area contributed by atoms with E-state index in [1.165, 1.54) is 17.9 Å². The number of benzene rings is 1. The third-order valence-corrected chi connectivity index (χ3v) is 4.94. The van der Waals surface area contributed by atoms with Gasteiger partial charge in [0.25, 0.3) is 0 Å². The molecule has 134 valence electrons. The highest BCUT2D eigenvalue weighted by molar-refractivity contribution is 7.99. The largest absolute Gasteiger partial charge is 0.379 e. The summed E-state index contributed by atoms with van der Waals surface area (Å²) in [5.74, 6) is 1.93. The second-order valence-corrected chi connectivity index (χ2v) is 6.92. The summed E-state index contributed by atoms with van der Waals surface area (Å²) in [5, 5.41) is 6.76. The Bertz CT molecular complexity index is 463. The minimum atomic E-state index is 0.885. The highest BCUT2D eigenvalue weighted by atomic mass is 32.2. The Balaban J connectivity index is 1.47. The van der Waals surface area contributed by atoms with Crippen molar-refractivity contribution in [3.05, 3.63) is 30.3 Å². The van der Waals surface area contributed by atoms with Gasteiger partial charge in [0, 0.05) is 43.9 Å². The van der Waals surface area contributed by atoms with E-state index in [0.29, 0.717) is 0 Å². The molecule has 2 N–H and O–H groups in total. The van der Waals surface area contributed by atoms with Crippen LogP contribution < -0.4 is 10.6 Å². The standard InChI is InChI=1S/C18H30N4OS/c1-19-18(21-10-16-24-17-7-3-2-4-8-17)20-9-5-6-11-22-12-14-23-15-13-22/h2-4,7-8H,5-6,9-16H2,1H3,(H2,19,20,21). The van der Waals surface area contributed by atoms with Crippen molar-refractivity contribution >= 4 is 17.7 Å². The Morgan fingerprint density at radius 1 is 1.12 bits per heavy atom. The molecule has 0 radical (unpaired) electrons. The molecule has 5 nitrogen and oxygen atoms in total. The van der Waals surface area contributed by atoms with E-state index in [2.05, 4.69) is 44.8 Å². The maximum absolute atomic E-state index is 5.37. The number of hydrogen-bond acceptors (Lipinski definition) is 4. The van der Waals surface area contributed by atoms with E-state index in [4.69, 9.17) is 4.74 Å². The predicted octanol–water partition coefficient (Wildman–Crippen LogP) is 2.06. The monoisotopic (exact) mass is 350 g/mol. The molecule has 1 aliphatic rings. The fourth-order valence-corrected chi connectivity index (χ4v) is 3.36. The molecule has 0 bridgehead atoms. The minimum Gasteiger partial charge on any atom is -0.379 e. The number of rotatable bonds is 9. The number of morpholine rings is 1. The second-order valence-electron chi connectivity index (χ2n) is 5.75. The molecule has 0 unspecified atom stereocenters. The summed E-state index contributed by atoms with van der Waals surface area (Å²) in [6.07, 6.45) is 2.38. The van der Waals surface area contributed by atoms with Gasteiger partial charge in [0.1, 0.15) is 0 Å². The van der Waals surface area contributed by atoms with Crippen molar-refractivity contribution in [2.24, 2.45) is 4.99 Å². The summed E-state index contributed by atoms with van der Waals surface area (Å²) in [5.41, 5.74) is 0. The van der Waals surface area contributed by atoms with Crippen molar-refractivity contribution in [1.82, 2.24) is 15.5 Å². The number of hydrogen-bond donors (Lipinski definition) is 2. The Morgan fingerprint density at radius 3 is 2.62 bits per heavy atom. The smallest absolute Gasteiger partial charge is 0.191 e. The maximum Gasteiger partial charge on any atom is 0.191 e. The van der Waals surface area contributed by atoms with E-state index in [1.54, 1.807) is 0 Å². The van der Waals surface area contributed by atoms with Crippen LogP contribution in [0.1, 0.15) is 12.8 Å². The SMILES string of the molecule is CN=C(NCCCCN1CCOCC1)NCCSc1ccccc1. The predicted molar refractivity (Wildman–Crippen MR) is 103 cm³/mol. The van der Waals surface area contributed by atoms with E-state index in [9.17, 15) is 0 Å². The number of unbranched alkanes of at least 4 members (excludes halogenated alkanes) is 1. The lowest BCUT2D eigenvalue weighted by atomic mass is 10.3. The zero-order valence-corrected chi connectivity index (χ0v) is 15.5. The molecule has 24 heavy (non-hydrogen) atoms. The number of thioether (sulfide) groups is 1. The summed E-state index contributed by atoms with van der Waals surface area (Å²) in [6.45, 7) is 6.98. The third kappa shape index (κ3) is 8.04. The van der Waals surface area contributed by atoms with Gasteiger partial charge < -0.3 is 15.4 Å². The van der Waals surface area contributed by atoms with Crippen LogP contribution in [0.5, 0.6) is 0 Å². The van der Waals surface area contributed by atoms with Gasteiger partial charge in [-0.2, -0.15) is 0 Å². The minimum absolute atomic E-state index is 0.885. The number of aliphatic imine (C=N–C) groups is 1. The van der Waals surface area contributed by atoms with Gasteiger partial charge in [0.2, 0.25) is 0 Å². The highest BCUT2D eigenvalue weighted by Gasteiger charge is 2.08. The molecule has 2 rings (SSSR count). The molecule has 0 atom stereocenters. The van der Waals surface area contributed by atoms with Gasteiger partial charge in [-0.25, -0.2) is 0 Å². The van der Waals surface area contributed by atoms with Crippen LogP contribution in [0.15, 0.2) is 40.2 Å². The first-order valence-corrected chi connectivity index (χ1v) is 9.79. The van der Waals surface area contributed by atoms with Gasteiger partial charge in [-0.1, -0.05) is 18.2 Å². The van der Waals surface area contributed by atoms with Gasteiger partial charge >= 0.3 is 0 Å². The molecule has 0 amide bonds. The normalized spacial score (nSPS) is 16.1. The van der Waals surface area contributed by atoms with Crippen molar-refractivity contribution in [2.45, 2.75) is 17.7 Å². The summed E-state index contributed by atoms with van der Waals surface area (Å²) < 4.78 is 5.37. The van der Waals surface area contributed by atoms with Crippen LogP contribution in [0, 0.1) is 0 Å². The lowest BCUT2D eigenvalue weighted by Gasteiger charge is -2.26. The van der Waals surface area contributed by atoms with E-state index >= 15 is 0 Å². The first kappa shape index (κ1) is 19.1. The molecule has 0 saturated carbocycles. The van der Waals surface area contributed by atoms with Crippen molar-refractivity contribution < 1.29 is 4.74 Å². The summed E-state index contributed by atoms with van der Waals surface area (Å²) in [6, 6.07) is 10.5. The van der Waals surface area contributed by atoms with Crippen LogP contribution >= 0.6 is 11.8 Å². The topological polar surface area (TPSA) is 48.9 Å². The first-order chi connectivity index (χ1) is 11.9. The van der Waals surface area contributed by atoms with Gasteiger partial charge in [-0.15, -0.1) is 11.8 Å². The second kappa shape index (κ2) is 12.2. The van der Waals surface area contributed by atoms with Crippen molar-refractivity contribution in [3.8, 4) is 0 Å². The highest BCUT2D eigenvalue weighted by Crippen LogP contribution is 2.15. The Labute approximate surface area is 150 Å². The summed E-state index contributed by atoms with van der Waals surface area (Å²) >= 11 is 1.86. The van der Waals surface area contributed by atoms with Crippen LogP contribution in [-0.4, -0.2) is 69.6 Å². The molecule has 1 aromatic carbocycles. The van der Waals surface area contributed by atoms with E-state index in [0.717, 1.165) is 57.5 Å². The lowest BCUT2D eigenvalue weighted by Crippen LogP contribution is -2.39. The van der Waals surface area contributed by atoms with Gasteiger partial charge in [-0.3, -0.25) is 9.89 Å². The van der Waals surface area contributed by atoms with Crippen LogP contribution in [0.2, 0.25) is 0 Å². The van der Waals surface area contributed by atoms with Crippen molar-refractivity contribution in [1.29, 1.82) is 0 Å². The van der Waals surface area contributed by atoms with Gasteiger partial charge in [0.15, 0.2) is 5.96 Å². The molecule has 1 aromatic rings. The average Bonchev–Trinajstić information content (AvgIpc) is 2.65. The Kier molecular flexibility index (Phi) is 9.68. The molecular weight excluding hydrogens is 320 g/mol. The lowest BCUT2D eigenvalue weighted by molar-refractivity contribution is 0.0372. The van der Waals surface area contributed by atoms with E-state index in [1.807, 2.05) is 24.9 Å². The van der Waals surface area contributed by atoms with E-state index in [-0.39, 0.29) is 0 Å². The Hall–Kier alpha value is -1.24.